The first-order valence-electron chi connectivity index (χ1n) is 7.58. The minimum atomic E-state index is 0.0547. The summed E-state index contributed by atoms with van der Waals surface area (Å²) in [5, 5.41) is 0. The molecular weight excluding hydrogens is 268 g/mol. The van der Waals surface area contributed by atoms with Crippen LogP contribution in [0, 0.1) is 5.92 Å². The molecule has 0 saturated carbocycles. The first-order valence-corrected chi connectivity index (χ1v) is 7.58. The fourth-order valence-corrected chi connectivity index (χ4v) is 2.85. The Morgan fingerprint density at radius 1 is 1.24 bits per heavy atom. The summed E-state index contributed by atoms with van der Waals surface area (Å²) in [6.45, 7) is 5.68. The van der Waals surface area contributed by atoms with Crippen LogP contribution in [0.2, 0.25) is 0 Å². The van der Waals surface area contributed by atoms with Gasteiger partial charge in [0.1, 0.15) is 13.2 Å². The molecule has 0 aromatic heterocycles. The number of likely N-dealkylation sites (tertiary alicyclic amines) is 1. The maximum Gasteiger partial charge on any atom is 0.179 e. The lowest BCUT2D eigenvalue weighted by Gasteiger charge is -2.29. The van der Waals surface area contributed by atoms with Gasteiger partial charge in [0, 0.05) is 17.3 Å². The molecule has 0 spiro atoms. The third-order valence-corrected chi connectivity index (χ3v) is 4.26. The molecule has 21 heavy (non-hydrogen) atoms. The van der Waals surface area contributed by atoms with Crippen molar-refractivity contribution in [2.75, 3.05) is 38.6 Å². The second kappa shape index (κ2) is 5.93. The molecule has 5 heteroatoms. The summed E-state index contributed by atoms with van der Waals surface area (Å²) in [6, 6.07) is 3.42. The maximum absolute atomic E-state index is 12.5. The third kappa shape index (κ3) is 3.13. The van der Waals surface area contributed by atoms with Crippen LogP contribution in [0.15, 0.2) is 12.1 Å². The summed E-state index contributed by atoms with van der Waals surface area (Å²) in [4.78, 5) is 14.7. The number of piperidine rings is 1. The van der Waals surface area contributed by atoms with E-state index in [4.69, 9.17) is 15.2 Å². The molecule has 5 nitrogen and oxygen atoms in total. The molecule has 0 aliphatic carbocycles. The van der Waals surface area contributed by atoms with E-state index in [0.717, 1.165) is 31.8 Å². The van der Waals surface area contributed by atoms with Gasteiger partial charge < -0.3 is 15.2 Å². The first-order chi connectivity index (χ1) is 10.1. The van der Waals surface area contributed by atoms with E-state index < -0.39 is 0 Å². The van der Waals surface area contributed by atoms with Gasteiger partial charge in [0.05, 0.1) is 6.54 Å². The van der Waals surface area contributed by atoms with Crippen molar-refractivity contribution in [1.29, 1.82) is 0 Å². The number of Topliss-reactive ketones (excluding diaryl/α,β-unsaturated/α-hetero) is 1. The van der Waals surface area contributed by atoms with Crippen molar-refractivity contribution in [3.8, 4) is 11.5 Å². The van der Waals surface area contributed by atoms with E-state index in [2.05, 4.69) is 11.8 Å². The van der Waals surface area contributed by atoms with Gasteiger partial charge in [-0.05, 0) is 37.9 Å². The number of fused-ring (bicyclic) bond motifs is 1. The molecule has 1 fully saturated rings. The Morgan fingerprint density at radius 2 is 1.86 bits per heavy atom. The van der Waals surface area contributed by atoms with Crippen molar-refractivity contribution in [3.63, 3.8) is 0 Å². The Kier molecular flexibility index (Phi) is 4.01. The molecule has 0 radical (unpaired) electrons. The number of nitrogens with two attached hydrogens (primary N) is 1. The normalized spacial score (nSPS) is 19.5. The number of ether oxygens (including phenoxy) is 2. The highest BCUT2D eigenvalue weighted by Crippen LogP contribution is 2.34. The summed E-state index contributed by atoms with van der Waals surface area (Å²) < 4.78 is 11.0. The highest BCUT2D eigenvalue weighted by atomic mass is 16.6. The summed E-state index contributed by atoms with van der Waals surface area (Å²) in [5.41, 5.74) is 7.00. The lowest BCUT2D eigenvalue weighted by Crippen LogP contribution is -2.37. The molecule has 1 saturated heterocycles. The molecule has 0 amide bonds. The van der Waals surface area contributed by atoms with E-state index in [1.165, 1.54) is 0 Å². The molecule has 1 aromatic carbocycles. The van der Waals surface area contributed by atoms with Crippen LogP contribution in [0.4, 0.5) is 5.69 Å². The molecular formula is C16H22N2O3. The average Bonchev–Trinajstić information content (AvgIpc) is 2.49. The number of hydrogen-bond acceptors (Lipinski definition) is 5. The van der Waals surface area contributed by atoms with Crippen molar-refractivity contribution in [2.45, 2.75) is 19.8 Å². The topological polar surface area (TPSA) is 64.8 Å². The number of carbonyl (C=O) groups is 1. The lowest BCUT2D eigenvalue weighted by molar-refractivity contribution is 0.0899. The van der Waals surface area contributed by atoms with Crippen molar-refractivity contribution in [2.24, 2.45) is 5.92 Å². The molecule has 1 aromatic rings. The van der Waals surface area contributed by atoms with Crippen molar-refractivity contribution >= 4 is 11.5 Å². The molecule has 2 N–H and O–H groups in total. The minimum absolute atomic E-state index is 0.0547. The van der Waals surface area contributed by atoms with Crippen LogP contribution in [0.5, 0.6) is 11.5 Å². The Bertz CT molecular complexity index is 537. The van der Waals surface area contributed by atoms with Gasteiger partial charge in [0.25, 0.3) is 0 Å². The monoisotopic (exact) mass is 290 g/mol. The zero-order valence-electron chi connectivity index (χ0n) is 12.4. The zero-order chi connectivity index (χ0) is 14.8. The number of rotatable bonds is 3. The predicted octanol–water partition coefficient (Wildman–Crippen LogP) is 1.95. The van der Waals surface area contributed by atoms with Crippen molar-refractivity contribution in [3.05, 3.63) is 17.7 Å². The Balaban J connectivity index is 1.72. The first kappa shape index (κ1) is 14.2. The number of carbonyl (C=O) groups excluding carboxylic acids is 1. The van der Waals surface area contributed by atoms with Gasteiger partial charge in [0.2, 0.25) is 0 Å². The average molecular weight is 290 g/mol. The number of benzene rings is 1. The van der Waals surface area contributed by atoms with Crippen LogP contribution in [0.25, 0.3) is 0 Å². The van der Waals surface area contributed by atoms with Crippen LogP contribution in [-0.4, -0.2) is 43.5 Å². The zero-order valence-corrected chi connectivity index (χ0v) is 12.4. The van der Waals surface area contributed by atoms with Gasteiger partial charge >= 0.3 is 0 Å². The van der Waals surface area contributed by atoms with E-state index >= 15 is 0 Å². The van der Waals surface area contributed by atoms with E-state index in [-0.39, 0.29) is 5.78 Å². The fourth-order valence-electron chi connectivity index (χ4n) is 2.85. The highest BCUT2D eigenvalue weighted by molar-refractivity contribution is 6.02. The van der Waals surface area contributed by atoms with Crippen LogP contribution >= 0.6 is 0 Å². The number of nitrogens with zero attached hydrogens (tertiary/aromatic N) is 1. The van der Waals surface area contributed by atoms with Gasteiger partial charge in [-0.1, -0.05) is 6.92 Å². The van der Waals surface area contributed by atoms with E-state index in [1.807, 2.05) is 0 Å². The van der Waals surface area contributed by atoms with Gasteiger partial charge in [-0.2, -0.15) is 0 Å². The predicted molar refractivity (Wildman–Crippen MR) is 81.0 cm³/mol. The molecule has 3 rings (SSSR count). The largest absolute Gasteiger partial charge is 0.486 e. The Morgan fingerprint density at radius 3 is 2.52 bits per heavy atom. The van der Waals surface area contributed by atoms with Crippen LogP contribution in [0.1, 0.15) is 30.1 Å². The minimum Gasteiger partial charge on any atom is -0.486 e. The quantitative estimate of drug-likeness (QED) is 0.681. The molecule has 0 unspecified atom stereocenters. The van der Waals surface area contributed by atoms with Crippen LogP contribution in [0.3, 0.4) is 0 Å². The Hall–Kier alpha value is -1.75. The highest BCUT2D eigenvalue weighted by Gasteiger charge is 2.22. The van der Waals surface area contributed by atoms with Gasteiger partial charge in [-0.3, -0.25) is 9.69 Å². The molecule has 0 atom stereocenters. The summed E-state index contributed by atoms with van der Waals surface area (Å²) in [5.74, 6) is 2.06. The maximum atomic E-state index is 12.5. The Labute approximate surface area is 125 Å². The third-order valence-electron chi connectivity index (χ3n) is 4.26. The second-order valence-electron chi connectivity index (χ2n) is 5.96. The van der Waals surface area contributed by atoms with Gasteiger partial charge in [-0.25, -0.2) is 0 Å². The second-order valence-corrected chi connectivity index (χ2v) is 5.96. The van der Waals surface area contributed by atoms with Crippen LogP contribution in [-0.2, 0) is 0 Å². The summed E-state index contributed by atoms with van der Waals surface area (Å²) in [7, 11) is 0. The van der Waals surface area contributed by atoms with E-state index in [1.54, 1.807) is 12.1 Å². The fraction of sp³-hybridized carbons (Fsp3) is 0.562. The van der Waals surface area contributed by atoms with E-state index in [0.29, 0.717) is 42.5 Å². The van der Waals surface area contributed by atoms with Crippen molar-refractivity contribution in [1.82, 2.24) is 4.90 Å². The summed E-state index contributed by atoms with van der Waals surface area (Å²) in [6.07, 6.45) is 2.31. The lowest BCUT2D eigenvalue weighted by atomic mass is 9.98. The smallest absolute Gasteiger partial charge is 0.179 e. The SMILES string of the molecule is CC1CCN(CC(=O)c2cc3c(cc2N)OCCO3)CC1. The number of ketones is 1. The summed E-state index contributed by atoms with van der Waals surface area (Å²) >= 11 is 0. The molecule has 2 aliphatic heterocycles. The number of anilines is 1. The molecule has 2 aliphatic rings. The standard InChI is InChI=1S/C16H22N2O3/c1-11-2-4-18(5-3-11)10-14(19)12-8-15-16(9-13(12)17)21-7-6-20-15/h8-9,11H,2-7,10,17H2,1H3. The number of nitrogen functional groups attached to an aromatic ring is 1. The van der Waals surface area contributed by atoms with E-state index in [9.17, 15) is 4.79 Å². The molecule has 0 bridgehead atoms. The van der Waals surface area contributed by atoms with Crippen LogP contribution < -0.4 is 15.2 Å². The van der Waals surface area contributed by atoms with Gasteiger partial charge in [0.15, 0.2) is 17.3 Å². The van der Waals surface area contributed by atoms with Gasteiger partial charge in [-0.15, -0.1) is 0 Å². The van der Waals surface area contributed by atoms with Crippen molar-refractivity contribution < 1.29 is 14.3 Å². The molecule has 2 heterocycles. The number of hydrogen-bond donors (Lipinski definition) is 1. The molecule has 114 valence electrons.